The molecule has 1 aromatic heterocycles. The van der Waals surface area contributed by atoms with Crippen molar-refractivity contribution < 1.29 is 4.79 Å². The molecule has 128 valence electrons. The van der Waals surface area contributed by atoms with Gasteiger partial charge in [0.2, 0.25) is 0 Å². The van der Waals surface area contributed by atoms with Gasteiger partial charge in [0.15, 0.2) is 0 Å². The summed E-state index contributed by atoms with van der Waals surface area (Å²) in [4.78, 5) is 22.0. The van der Waals surface area contributed by atoms with Gasteiger partial charge in [0.05, 0.1) is 0 Å². The summed E-state index contributed by atoms with van der Waals surface area (Å²) in [6.45, 7) is 1.56. The molecule has 0 N–H and O–H groups in total. The van der Waals surface area contributed by atoms with E-state index in [0.717, 1.165) is 32.4 Å². The van der Waals surface area contributed by atoms with Crippen LogP contribution in [0.3, 0.4) is 0 Å². The van der Waals surface area contributed by atoms with E-state index in [4.69, 9.17) is 0 Å². The van der Waals surface area contributed by atoms with Gasteiger partial charge in [-0.25, -0.2) is 4.79 Å². The van der Waals surface area contributed by atoms with Crippen molar-refractivity contribution in [3.8, 4) is 0 Å². The zero-order valence-corrected chi connectivity index (χ0v) is 14.9. The van der Waals surface area contributed by atoms with Crippen molar-refractivity contribution in [1.82, 2.24) is 14.8 Å². The number of urea groups is 1. The topological polar surface area (TPSA) is 36.4 Å². The van der Waals surface area contributed by atoms with Crippen LogP contribution in [0, 0.1) is 0 Å². The highest BCUT2D eigenvalue weighted by Gasteiger charge is 2.30. The zero-order chi connectivity index (χ0) is 17.1. The average molecular weight is 351 g/mol. The maximum Gasteiger partial charge on any atom is 0.328 e. The first-order chi connectivity index (χ1) is 12.3. The SMILES string of the molecule is O=C(N1C=CSC(C2=CC=CCC2)=C1)N1CCC(c2cccnc2)C1. The lowest BCUT2D eigenvalue weighted by molar-refractivity contribution is 0.191. The molecule has 2 aliphatic heterocycles. The van der Waals surface area contributed by atoms with Crippen LogP contribution in [0.15, 0.2) is 71.0 Å². The lowest BCUT2D eigenvalue weighted by atomic mass is 10.0. The highest BCUT2D eigenvalue weighted by atomic mass is 32.2. The summed E-state index contributed by atoms with van der Waals surface area (Å²) >= 11 is 1.69. The van der Waals surface area contributed by atoms with Gasteiger partial charge in [-0.3, -0.25) is 9.88 Å². The molecule has 0 radical (unpaired) electrons. The molecule has 2 amide bonds. The van der Waals surface area contributed by atoms with Gasteiger partial charge < -0.3 is 4.90 Å². The minimum atomic E-state index is 0.0624. The number of thioether (sulfide) groups is 1. The third-order valence-corrected chi connectivity index (χ3v) is 5.72. The van der Waals surface area contributed by atoms with Crippen LogP contribution in [-0.4, -0.2) is 33.9 Å². The van der Waals surface area contributed by atoms with E-state index in [1.807, 2.05) is 35.0 Å². The molecule has 0 spiro atoms. The van der Waals surface area contributed by atoms with Crippen LogP contribution in [-0.2, 0) is 0 Å². The number of amides is 2. The minimum Gasteiger partial charge on any atom is -0.323 e. The molecule has 1 unspecified atom stereocenters. The van der Waals surface area contributed by atoms with Crippen LogP contribution < -0.4 is 0 Å². The number of likely N-dealkylation sites (tertiary alicyclic amines) is 1. The van der Waals surface area contributed by atoms with Crippen molar-refractivity contribution in [1.29, 1.82) is 0 Å². The molecule has 1 aliphatic carbocycles. The fourth-order valence-electron chi connectivity index (χ4n) is 3.44. The van der Waals surface area contributed by atoms with Gasteiger partial charge in [0.25, 0.3) is 0 Å². The quantitative estimate of drug-likeness (QED) is 0.779. The van der Waals surface area contributed by atoms with Crippen molar-refractivity contribution in [2.45, 2.75) is 25.2 Å². The predicted molar refractivity (Wildman–Crippen MR) is 102 cm³/mol. The first kappa shape index (κ1) is 16.2. The van der Waals surface area contributed by atoms with E-state index in [2.05, 4.69) is 29.3 Å². The third-order valence-electron chi connectivity index (χ3n) is 4.84. The Hall–Kier alpha value is -2.27. The van der Waals surface area contributed by atoms with Crippen molar-refractivity contribution in [3.63, 3.8) is 0 Å². The molecule has 1 fully saturated rings. The second kappa shape index (κ2) is 7.31. The van der Waals surface area contributed by atoms with E-state index in [1.165, 1.54) is 16.0 Å². The Bertz CT molecular complexity index is 766. The minimum absolute atomic E-state index is 0.0624. The van der Waals surface area contributed by atoms with E-state index >= 15 is 0 Å². The monoisotopic (exact) mass is 351 g/mol. The van der Waals surface area contributed by atoms with Crippen molar-refractivity contribution >= 4 is 17.8 Å². The third kappa shape index (κ3) is 3.56. The zero-order valence-electron chi connectivity index (χ0n) is 14.0. The van der Waals surface area contributed by atoms with Crippen molar-refractivity contribution in [3.05, 3.63) is 76.6 Å². The molecule has 0 aromatic carbocycles. The van der Waals surface area contributed by atoms with Gasteiger partial charge in [-0.2, -0.15) is 0 Å². The van der Waals surface area contributed by atoms with Gasteiger partial charge in [0.1, 0.15) is 0 Å². The number of hydrogen-bond donors (Lipinski definition) is 0. The van der Waals surface area contributed by atoms with Crippen LogP contribution in [0.1, 0.15) is 30.7 Å². The van der Waals surface area contributed by atoms with E-state index in [1.54, 1.807) is 22.9 Å². The molecule has 1 saturated heterocycles. The molecule has 0 saturated carbocycles. The second-order valence-corrected chi connectivity index (χ2v) is 7.41. The summed E-state index contributed by atoms with van der Waals surface area (Å²) in [6.07, 6.45) is 17.1. The molecule has 4 nitrogen and oxygen atoms in total. The van der Waals surface area contributed by atoms with Crippen LogP contribution >= 0.6 is 11.8 Å². The Morgan fingerprint density at radius 2 is 2.32 bits per heavy atom. The molecule has 4 rings (SSSR count). The number of rotatable bonds is 2. The summed E-state index contributed by atoms with van der Waals surface area (Å²) < 4.78 is 0. The largest absolute Gasteiger partial charge is 0.328 e. The summed E-state index contributed by atoms with van der Waals surface area (Å²) in [5.41, 5.74) is 2.53. The molecular weight excluding hydrogens is 330 g/mol. The highest BCUT2D eigenvalue weighted by molar-refractivity contribution is 8.06. The fourth-order valence-corrected chi connectivity index (χ4v) is 4.28. The van der Waals surface area contributed by atoms with Gasteiger partial charge in [-0.05, 0) is 41.9 Å². The fraction of sp³-hybridized carbons (Fsp3) is 0.300. The summed E-state index contributed by atoms with van der Waals surface area (Å²) in [6, 6.07) is 4.13. The molecule has 0 bridgehead atoms. The standard InChI is InChI=1S/C20H21N3OS/c24-20(22-10-8-18(14-22)17-7-4-9-21-13-17)23-11-12-25-19(15-23)16-5-2-1-3-6-16/h1-2,4-5,7,9,11-13,15,18H,3,6,8,10,14H2. The molecule has 1 aromatic rings. The van der Waals surface area contributed by atoms with Crippen molar-refractivity contribution in [2.75, 3.05) is 13.1 Å². The highest BCUT2D eigenvalue weighted by Crippen LogP contribution is 2.34. The maximum atomic E-state index is 12.9. The first-order valence-electron chi connectivity index (χ1n) is 8.69. The van der Waals surface area contributed by atoms with Crippen LogP contribution in [0.5, 0.6) is 0 Å². The molecule has 5 heteroatoms. The lowest BCUT2D eigenvalue weighted by Crippen LogP contribution is -2.37. The number of nitrogens with zero attached hydrogens (tertiary/aromatic N) is 3. The van der Waals surface area contributed by atoms with Gasteiger partial charge in [-0.1, -0.05) is 36.1 Å². The van der Waals surface area contributed by atoms with Gasteiger partial charge in [0, 0.05) is 48.7 Å². The lowest BCUT2D eigenvalue weighted by Gasteiger charge is -2.26. The number of allylic oxidation sites excluding steroid dienone is 4. The molecular formula is C20H21N3OS. The summed E-state index contributed by atoms with van der Waals surface area (Å²) in [5, 5.41) is 2.00. The number of pyridine rings is 1. The molecule has 3 aliphatic rings. The van der Waals surface area contributed by atoms with Crippen LogP contribution in [0.2, 0.25) is 0 Å². The Morgan fingerprint density at radius 3 is 3.12 bits per heavy atom. The normalized spacial score (nSPS) is 22.8. The maximum absolute atomic E-state index is 12.9. The number of aromatic nitrogens is 1. The molecule has 25 heavy (non-hydrogen) atoms. The van der Waals surface area contributed by atoms with Gasteiger partial charge in [-0.15, -0.1) is 0 Å². The van der Waals surface area contributed by atoms with Crippen LogP contribution in [0.4, 0.5) is 4.79 Å². The summed E-state index contributed by atoms with van der Waals surface area (Å²) in [7, 11) is 0. The molecule has 1 atom stereocenters. The van der Waals surface area contributed by atoms with Crippen molar-refractivity contribution in [2.24, 2.45) is 0 Å². The van der Waals surface area contributed by atoms with E-state index in [0.29, 0.717) is 5.92 Å². The average Bonchev–Trinajstić information content (AvgIpc) is 3.19. The van der Waals surface area contributed by atoms with E-state index < -0.39 is 0 Å². The van der Waals surface area contributed by atoms with Crippen LogP contribution in [0.25, 0.3) is 0 Å². The van der Waals surface area contributed by atoms with E-state index in [9.17, 15) is 4.79 Å². The Morgan fingerprint density at radius 1 is 1.36 bits per heavy atom. The smallest absolute Gasteiger partial charge is 0.323 e. The number of carbonyl (C=O) groups excluding carboxylic acids is 1. The number of hydrogen-bond acceptors (Lipinski definition) is 3. The predicted octanol–water partition coefficient (Wildman–Crippen LogP) is 4.63. The Balaban J connectivity index is 1.45. The van der Waals surface area contributed by atoms with Gasteiger partial charge >= 0.3 is 6.03 Å². The summed E-state index contributed by atoms with van der Waals surface area (Å²) in [5.74, 6) is 0.385. The molecule has 3 heterocycles. The number of carbonyl (C=O) groups is 1. The Labute approximate surface area is 152 Å². The Kier molecular flexibility index (Phi) is 4.74. The first-order valence-corrected chi connectivity index (χ1v) is 9.57. The van der Waals surface area contributed by atoms with E-state index in [-0.39, 0.29) is 6.03 Å². The second-order valence-electron chi connectivity index (χ2n) is 6.46.